The van der Waals surface area contributed by atoms with Crippen molar-refractivity contribution in [3.05, 3.63) is 102 Å². The van der Waals surface area contributed by atoms with Gasteiger partial charge in [-0.1, -0.05) is 60.7 Å². The summed E-state index contributed by atoms with van der Waals surface area (Å²) in [5.74, 6) is -0.600. The Bertz CT molecular complexity index is 994. The van der Waals surface area contributed by atoms with Crippen LogP contribution in [0.5, 0.6) is 0 Å². The Labute approximate surface area is 170 Å². The van der Waals surface area contributed by atoms with Crippen molar-refractivity contribution in [1.29, 1.82) is 5.26 Å². The van der Waals surface area contributed by atoms with Crippen LogP contribution < -0.4 is 10.6 Å². The standard InChI is InChI=1S/C24H21N3O2/c25-16-15-18-11-13-21(14-12-18)26-24(29)22(17-19-7-3-1-4-8-19)27-23(28)20-9-5-2-6-10-20/h1-14,22H,15,17H2,(H,26,29)(H,27,28)/t22-/m1/s1. The van der Waals surface area contributed by atoms with Gasteiger partial charge in [-0.2, -0.15) is 5.26 Å². The first kappa shape index (κ1) is 19.8. The Morgan fingerprint density at radius 1 is 0.828 bits per heavy atom. The summed E-state index contributed by atoms with van der Waals surface area (Å²) < 4.78 is 0. The van der Waals surface area contributed by atoms with E-state index in [0.717, 1.165) is 11.1 Å². The van der Waals surface area contributed by atoms with Gasteiger partial charge < -0.3 is 10.6 Å². The minimum atomic E-state index is -0.733. The molecule has 0 aliphatic rings. The lowest BCUT2D eigenvalue weighted by Crippen LogP contribution is -2.45. The first-order chi connectivity index (χ1) is 14.2. The fourth-order valence-electron chi connectivity index (χ4n) is 2.92. The Morgan fingerprint density at radius 3 is 2.07 bits per heavy atom. The number of hydrogen-bond donors (Lipinski definition) is 2. The van der Waals surface area contributed by atoms with E-state index in [0.29, 0.717) is 24.1 Å². The highest BCUT2D eigenvalue weighted by Crippen LogP contribution is 2.12. The van der Waals surface area contributed by atoms with Gasteiger partial charge in [-0.15, -0.1) is 0 Å². The molecule has 0 saturated carbocycles. The molecular formula is C24H21N3O2. The smallest absolute Gasteiger partial charge is 0.251 e. The van der Waals surface area contributed by atoms with E-state index in [4.69, 9.17) is 5.26 Å². The number of carbonyl (C=O) groups is 2. The predicted octanol–water partition coefficient (Wildman–Crippen LogP) is 3.73. The lowest BCUT2D eigenvalue weighted by Gasteiger charge is -2.19. The van der Waals surface area contributed by atoms with E-state index in [1.54, 1.807) is 48.5 Å². The summed E-state index contributed by atoms with van der Waals surface area (Å²) in [6.07, 6.45) is 0.690. The van der Waals surface area contributed by atoms with E-state index in [-0.39, 0.29) is 11.8 Å². The van der Waals surface area contributed by atoms with Gasteiger partial charge in [0.2, 0.25) is 5.91 Å². The predicted molar refractivity (Wildman–Crippen MR) is 112 cm³/mol. The molecule has 0 saturated heterocycles. The van der Waals surface area contributed by atoms with Crippen LogP contribution >= 0.6 is 0 Å². The van der Waals surface area contributed by atoms with Crippen LogP contribution in [-0.4, -0.2) is 17.9 Å². The second-order valence-corrected chi connectivity index (χ2v) is 6.60. The third kappa shape index (κ3) is 5.78. The van der Waals surface area contributed by atoms with Gasteiger partial charge in [0.05, 0.1) is 12.5 Å². The van der Waals surface area contributed by atoms with Crippen molar-refractivity contribution in [1.82, 2.24) is 5.32 Å². The maximum atomic E-state index is 12.9. The SMILES string of the molecule is N#CCc1ccc(NC(=O)[C@@H](Cc2ccccc2)NC(=O)c2ccccc2)cc1. The Morgan fingerprint density at radius 2 is 1.45 bits per heavy atom. The fourth-order valence-corrected chi connectivity index (χ4v) is 2.92. The van der Waals surface area contributed by atoms with Crippen LogP contribution in [0.4, 0.5) is 5.69 Å². The molecule has 5 nitrogen and oxygen atoms in total. The first-order valence-electron chi connectivity index (χ1n) is 9.32. The summed E-state index contributed by atoms with van der Waals surface area (Å²) in [5, 5.41) is 14.5. The highest BCUT2D eigenvalue weighted by molar-refractivity contribution is 6.01. The molecule has 5 heteroatoms. The van der Waals surface area contributed by atoms with Crippen LogP contribution in [0.15, 0.2) is 84.9 Å². The zero-order valence-corrected chi connectivity index (χ0v) is 15.8. The van der Waals surface area contributed by atoms with Crippen LogP contribution in [0.1, 0.15) is 21.5 Å². The van der Waals surface area contributed by atoms with Crippen LogP contribution in [0.25, 0.3) is 0 Å². The van der Waals surface area contributed by atoms with Gasteiger partial charge in [0.15, 0.2) is 0 Å². The van der Waals surface area contributed by atoms with Crippen molar-refractivity contribution in [3.63, 3.8) is 0 Å². The van der Waals surface area contributed by atoms with Gasteiger partial charge in [-0.25, -0.2) is 0 Å². The average molecular weight is 383 g/mol. The molecule has 0 bridgehead atoms. The summed E-state index contributed by atoms with van der Waals surface area (Å²) in [6, 6.07) is 26.8. The molecule has 0 aromatic heterocycles. The number of nitriles is 1. The second-order valence-electron chi connectivity index (χ2n) is 6.60. The van der Waals surface area contributed by atoms with Gasteiger partial charge in [0, 0.05) is 17.7 Å². The minimum absolute atomic E-state index is 0.300. The summed E-state index contributed by atoms with van der Waals surface area (Å²) >= 11 is 0. The van der Waals surface area contributed by atoms with Gasteiger partial charge in [0.25, 0.3) is 5.91 Å². The van der Waals surface area contributed by atoms with Crippen molar-refractivity contribution in [2.75, 3.05) is 5.32 Å². The van der Waals surface area contributed by atoms with E-state index in [2.05, 4.69) is 16.7 Å². The van der Waals surface area contributed by atoms with Crippen LogP contribution in [0.2, 0.25) is 0 Å². The molecule has 0 aliphatic heterocycles. The molecule has 3 rings (SSSR count). The minimum Gasteiger partial charge on any atom is -0.340 e. The topological polar surface area (TPSA) is 82.0 Å². The van der Waals surface area contributed by atoms with E-state index in [9.17, 15) is 9.59 Å². The van der Waals surface area contributed by atoms with Gasteiger partial charge in [-0.05, 0) is 35.4 Å². The van der Waals surface area contributed by atoms with Crippen molar-refractivity contribution in [3.8, 4) is 6.07 Å². The molecule has 0 heterocycles. The molecule has 2 N–H and O–H groups in total. The Balaban J connectivity index is 1.75. The molecule has 0 aliphatic carbocycles. The zero-order chi connectivity index (χ0) is 20.5. The summed E-state index contributed by atoms with van der Waals surface area (Å²) in [4.78, 5) is 25.5. The Kier molecular flexibility index (Phi) is 6.75. The molecule has 3 aromatic rings. The number of carbonyl (C=O) groups excluding carboxylic acids is 2. The number of rotatable bonds is 7. The summed E-state index contributed by atoms with van der Waals surface area (Å²) in [5.41, 5.74) is 2.94. The highest BCUT2D eigenvalue weighted by Gasteiger charge is 2.22. The first-order valence-corrected chi connectivity index (χ1v) is 9.32. The fraction of sp³-hybridized carbons (Fsp3) is 0.125. The summed E-state index contributed by atoms with van der Waals surface area (Å²) in [6.45, 7) is 0. The van der Waals surface area contributed by atoms with E-state index in [1.807, 2.05) is 36.4 Å². The van der Waals surface area contributed by atoms with Crippen LogP contribution in [0.3, 0.4) is 0 Å². The molecular weight excluding hydrogens is 362 g/mol. The third-order valence-corrected chi connectivity index (χ3v) is 4.45. The third-order valence-electron chi connectivity index (χ3n) is 4.45. The van der Waals surface area contributed by atoms with Crippen molar-refractivity contribution in [2.45, 2.75) is 18.9 Å². The molecule has 0 spiro atoms. The van der Waals surface area contributed by atoms with Gasteiger partial charge >= 0.3 is 0 Å². The molecule has 2 amide bonds. The Hall–Kier alpha value is -3.91. The van der Waals surface area contributed by atoms with Gasteiger partial charge in [-0.3, -0.25) is 9.59 Å². The quantitative estimate of drug-likeness (QED) is 0.652. The molecule has 29 heavy (non-hydrogen) atoms. The maximum absolute atomic E-state index is 12.9. The molecule has 144 valence electrons. The van der Waals surface area contributed by atoms with E-state index < -0.39 is 6.04 Å². The summed E-state index contributed by atoms with van der Waals surface area (Å²) in [7, 11) is 0. The lowest BCUT2D eigenvalue weighted by atomic mass is 10.0. The number of anilines is 1. The number of nitrogens with one attached hydrogen (secondary N) is 2. The monoisotopic (exact) mass is 383 g/mol. The van der Waals surface area contributed by atoms with Crippen molar-refractivity contribution in [2.24, 2.45) is 0 Å². The maximum Gasteiger partial charge on any atom is 0.251 e. The number of nitrogens with zero attached hydrogens (tertiary/aromatic N) is 1. The van der Waals surface area contributed by atoms with Crippen molar-refractivity contribution >= 4 is 17.5 Å². The number of benzene rings is 3. The average Bonchev–Trinajstić information content (AvgIpc) is 2.76. The molecule has 0 fully saturated rings. The normalized spacial score (nSPS) is 11.1. The van der Waals surface area contributed by atoms with Crippen LogP contribution in [-0.2, 0) is 17.6 Å². The van der Waals surface area contributed by atoms with Crippen LogP contribution in [0, 0.1) is 11.3 Å². The van der Waals surface area contributed by atoms with E-state index in [1.165, 1.54) is 0 Å². The highest BCUT2D eigenvalue weighted by atomic mass is 16.2. The molecule has 1 atom stereocenters. The van der Waals surface area contributed by atoms with Gasteiger partial charge in [0.1, 0.15) is 6.04 Å². The largest absolute Gasteiger partial charge is 0.340 e. The van der Waals surface area contributed by atoms with E-state index >= 15 is 0 Å². The van der Waals surface area contributed by atoms with Crippen molar-refractivity contribution < 1.29 is 9.59 Å². The zero-order valence-electron chi connectivity index (χ0n) is 15.8. The molecule has 0 radical (unpaired) electrons. The second kappa shape index (κ2) is 9.86. The number of amides is 2. The number of hydrogen-bond acceptors (Lipinski definition) is 3. The lowest BCUT2D eigenvalue weighted by molar-refractivity contribution is -0.118. The molecule has 3 aromatic carbocycles. The molecule has 0 unspecified atom stereocenters.